The fraction of sp³-hybridized carbons (Fsp3) is 0.533. The van der Waals surface area contributed by atoms with Crippen LogP contribution in [-0.4, -0.2) is 18.1 Å². The van der Waals surface area contributed by atoms with Gasteiger partial charge in [-0.3, -0.25) is 9.63 Å². The SMILES string of the molecule is N[C@@H](CCc1ccccc1)C(=O)NOC1CCCC1. The lowest BCUT2D eigenvalue weighted by Gasteiger charge is -2.15. The molecule has 1 aliphatic rings. The summed E-state index contributed by atoms with van der Waals surface area (Å²) < 4.78 is 0. The summed E-state index contributed by atoms with van der Waals surface area (Å²) in [5.41, 5.74) is 9.55. The Morgan fingerprint density at radius 3 is 2.68 bits per heavy atom. The van der Waals surface area contributed by atoms with Gasteiger partial charge in [0.1, 0.15) is 0 Å². The molecule has 1 aromatic rings. The molecule has 1 amide bonds. The molecule has 0 aliphatic heterocycles. The molecule has 1 atom stereocenters. The van der Waals surface area contributed by atoms with Crippen molar-refractivity contribution in [1.29, 1.82) is 0 Å². The number of hydrogen-bond donors (Lipinski definition) is 2. The van der Waals surface area contributed by atoms with Gasteiger partial charge >= 0.3 is 0 Å². The van der Waals surface area contributed by atoms with Crippen LogP contribution in [0.4, 0.5) is 0 Å². The van der Waals surface area contributed by atoms with Gasteiger partial charge in [0, 0.05) is 0 Å². The number of nitrogens with two attached hydrogens (primary N) is 1. The van der Waals surface area contributed by atoms with Crippen LogP contribution < -0.4 is 11.2 Å². The van der Waals surface area contributed by atoms with E-state index in [2.05, 4.69) is 5.48 Å². The van der Waals surface area contributed by atoms with E-state index >= 15 is 0 Å². The number of benzene rings is 1. The van der Waals surface area contributed by atoms with Gasteiger partial charge in [-0.05, 0) is 31.2 Å². The highest BCUT2D eigenvalue weighted by Gasteiger charge is 2.19. The maximum Gasteiger partial charge on any atom is 0.260 e. The Balaban J connectivity index is 1.67. The Morgan fingerprint density at radius 1 is 1.32 bits per heavy atom. The molecule has 0 aromatic heterocycles. The van der Waals surface area contributed by atoms with Crippen LogP contribution in [0.2, 0.25) is 0 Å². The van der Waals surface area contributed by atoms with Crippen molar-refractivity contribution in [1.82, 2.24) is 5.48 Å². The number of carbonyl (C=O) groups is 1. The number of hydrogen-bond acceptors (Lipinski definition) is 3. The minimum Gasteiger partial charge on any atom is -0.320 e. The molecule has 0 radical (unpaired) electrons. The number of rotatable bonds is 6. The van der Waals surface area contributed by atoms with Crippen LogP contribution in [0, 0.1) is 0 Å². The maximum absolute atomic E-state index is 11.8. The van der Waals surface area contributed by atoms with Crippen molar-refractivity contribution >= 4 is 5.91 Å². The Kier molecular flexibility index (Phi) is 5.36. The van der Waals surface area contributed by atoms with Crippen LogP contribution in [0.1, 0.15) is 37.7 Å². The van der Waals surface area contributed by atoms with Crippen LogP contribution >= 0.6 is 0 Å². The van der Waals surface area contributed by atoms with Crippen molar-refractivity contribution < 1.29 is 9.63 Å². The van der Waals surface area contributed by atoms with Crippen molar-refractivity contribution in [3.05, 3.63) is 35.9 Å². The Morgan fingerprint density at radius 2 is 2.00 bits per heavy atom. The van der Waals surface area contributed by atoms with Gasteiger partial charge in [-0.25, -0.2) is 5.48 Å². The minimum absolute atomic E-state index is 0.172. The van der Waals surface area contributed by atoms with Crippen molar-refractivity contribution in [2.45, 2.75) is 50.7 Å². The third-order valence-corrected chi connectivity index (χ3v) is 3.55. The molecule has 0 heterocycles. The second-order valence-electron chi connectivity index (χ2n) is 5.12. The van der Waals surface area contributed by atoms with E-state index in [1.165, 1.54) is 18.4 Å². The van der Waals surface area contributed by atoms with Gasteiger partial charge in [0.05, 0.1) is 12.1 Å². The number of amides is 1. The average Bonchev–Trinajstić information content (AvgIpc) is 2.96. The summed E-state index contributed by atoms with van der Waals surface area (Å²) in [6, 6.07) is 9.53. The van der Waals surface area contributed by atoms with Crippen LogP contribution in [-0.2, 0) is 16.1 Å². The lowest BCUT2D eigenvalue weighted by atomic mass is 10.1. The first-order chi connectivity index (χ1) is 9.25. The Labute approximate surface area is 114 Å². The summed E-state index contributed by atoms with van der Waals surface area (Å²) in [5.74, 6) is -0.220. The first-order valence-corrected chi connectivity index (χ1v) is 7.00. The van der Waals surface area contributed by atoms with E-state index < -0.39 is 6.04 Å². The molecular weight excluding hydrogens is 240 g/mol. The smallest absolute Gasteiger partial charge is 0.260 e. The third kappa shape index (κ3) is 4.65. The molecule has 19 heavy (non-hydrogen) atoms. The number of nitrogens with one attached hydrogen (secondary N) is 1. The summed E-state index contributed by atoms with van der Waals surface area (Å²) >= 11 is 0. The molecule has 4 heteroatoms. The van der Waals surface area contributed by atoms with Gasteiger partial charge < -0.3 is 5.73 Å². The number of carbonyl (C=O) groups excluding carboxylic acids is 1. The topological polar surface area (TPSA) is 64.4 Å². The van der Waals surface area contributed by atoms with Gasteiger partial charge in [-0.15, -0.1) is 0 Å². The maximum atomic E-state index is 11.8. The van der Waals surface area contributed by atoms with Crippen LogP contribution in [0.25, 0.3) is 0 Å². The van der Waals surface area contributed by atoms with E-state index in [1.54, 1.807) is 0 Å². The van der Waals surface area contributed by atoms with Crippen LogP contribution in [0.3, 0.4) is 0 Å². The molecule has 1 saturated carbocycles. The molecule has 3 N–H and O–H groups in total. The lowest BCUT2D eigenvalue weighted by Crippen LogP contribution is -2.42. The molecule has 0 spiro atoms. The van der Waals surface area contributed by atoms with E-state index in [1.807, 2.05) is 30.3 Å². The normalized spacial score (nSPS) is 17.3. The van der Waals surface area contributed by atoms with Crippen LogP contribution in [0.5, 0.6) is 0 Å². The molecule has 1 aromatic carbocycles. The van der Waals surface area contributed by atoms with Crippen molar-refractivity contribution in [2.75, 3.05) is 0 Å². The zero-order valence-electron chi connectivity index (χ0n) is 11.2. The van der Waals surface area contributed by atoms with E-state index in [-0.39, 0.29) is 12.0 Å². The van der Waals surface area contributed by atoms with Gasteiger partial charge in [0.15, 0.2) is 0 Å². The summed E-state index contributed by atoms with van der Waals surface area (Å²) in [6.07, 6.45) is 6.02. The minimum atomic E-state index is -0.512. The van der Waals surface area contributed by atoms with E-state index in [0.717, 1.165) is 19.3 Å². The van der Waals surface area contributed by atoms with Gasteiger partial charge in [-0.1, -0.05) is 43.2 Å². The van der Waals surface area contributed by atoms with Crippen molar-refractivity contribution in [3.8, 4) is 0 Å². The highest BCUT2D eigenvalue weighted by Crippen LogP contribution is 2.19. The molecule has 4 nitrogen and oxygen atoms in total. The first-order valence-electron chi connectivity index (χ1n) is 7.00. The molecular formula is C15H22N2O2. The number of aryl methyl sites for hydroxylation is 1. The highest BCUT2D eigenvalue weighted by molar-refractivity contribution is 5.80. The molecule has 0 saturated heterocycles. The van der Waals surface area contributed by atoms with Gasteiger partial charge in [0.2, 0.25) is 0 Å². The predicted octanol–water partition coefficient (Wildman–Crippen LogP) is 1.94. The Bertz CT molecular complexity index is 388. The predicted molar refractivity (Wildman–Crippen MR) is 74.2 cm³/mol. The fourth-order valence-electron chi connectivity index (χ4n) is 2.32. The summed E-state index contributed by atoms with van der Waals surface area (Å²) in [7, 11) is 0. The van der Waals surface area contributed by atoms with Crippen LogP contribution in [0.15, 0.2) is 30.3 Å². The molecule has 1 fully saturated rings. The standard InChI is InChI=1S/C15H22N2O2/c16-14(11-10-12-6-2-1-3-7-12)15(18)17-19-13-8-4-5-9-13/h1-3,6-7,13-14H,4-5,8-11,16H2,(H,17,18)/t14-/m0/s1. The first kappa shape index (κ1) is 14.0. The largest absolute Gasteiger partial charge is 0.320 e. The number of hydroxylamine groups is 1. The fourth-order valence-corrected chi connectivity index (χ4v) is 2.32. The molecule has 0 unspecified atom stereocenters. The summed E-state index contributed by atoms with van der Waals surface area (Å²) in [6.45, 7) is 0. The molecule has 0 bridgehead atoms. The van der Waals surface area contributed by atoms with E-state index in [4.69, 9.17) is 10.6 Å². The second kappa shape index (κ2) is 7.26. The Hall–Kier alpha value is -1.39. The quantitative estimate of drug-likeness (QED) is 0.770. The average molecular weight is 262 g/mol. The second-order valence-corrected chi connectivity index (χ2v) is 5.12. The van der Waals surface area contributed by atoms with Gasteiger partial charge in [0.25, 0.3) is 5.91 Å². The zero-order valence-corrected chi connectivity index (χ0v) is 11.2. The lowest BCUT2D eigenvalue weighted by molar-refractivity contribution is -0.139. The molecule has 1 aliphatic carbocycles. The van der Waals surface area contributed by atoms with Gasteiger partial charge in [-0.2, -0.15) is 0 Å². The monoisotopic (exact) mass is 262 g/mol. The highest BCUT2D eigenvalue weighted by atomic mass is 16.7. The zero-order chi connectivity index (χ0) is 13.5. The van der Waals surface area contributed by atoms with E-state index in [0.29, 0.717) is 6.42 Å². The third-order valence-electron chi connectivity index (χ3n) is 3.55. The molecule has 104 valence electrons. The van der Waals surface area contributed by atoms with Crippen molar-refractivity contribution in [2.24, 2.45) is 5.73 Å². The van der Waals surface area contributed by atoms with Crippen molar-refractivity contribution in [3.63, 3.8) is 0 Å². The summed E-state index contributed by atoms with van der Waals surface area (Å²) in [4.78, 5) is 17.1. The summed E-state index contributed by atoms with van der Waals surface area (Å²) in [5, 5.41) is 0. The van der Waals surface area contributed by atoms with E-state index in [9.17, 15) is 4.79 Å². The molecule has 2 rings (SSSR count).